The molecule has 0 aromatic heterocycles. The quantitative estimate of drug-likeness (QED) is 0.752. The van der Waals surface area contributed by atoms with Crippen LogP contribution in [0.5, 0.6) is 0 Å². The lowest BCUT2D eigenvalue weighted by Gasteiger charge is -2.01. The zero-order valence-electron chi connectivity index (χ0n) is 8.63. The van der Waals surface area contributed by atoms with Gasteiger partial charge in [0.05, 0.1) is 11.7 Å². The van der Waals surface area contributed by atoms with Gasteiger partial charge in [0.25, 0.3) is 0 Å². The van der Waals surface area contributed by atoms with Crippen molar-refractivity contribution in [1.82, 2.24) is 0 Å². The molecule has 0 aliphatic heterocycles. The van der Waals surface area contributed by atoms with Crippen molar-refractivity contribution in [2.45, 2.75) is 25.8 Å². The average molecular weight is 206 g/mol. The van der Waals surface area contributed by atoms with Gasteiger partial charge in [-0.3, -0.25) is 4.79 Å². The molecule has 0 radical (unpaired) electrons. The van der Waals surface area contributed by atoms with E-state index in [1.165, 1.54) is 0 Å². The van der Waals surface area contributed by atoms with Crippen LogP contribution in [0.1, 0.15) is 19.8 Å². The first kappa shape index (κ1) is 11.4. The summed E-state index contributed by atoms with van der Waals surface area (Å²) in [6.45, 7) is 1.86. The number of hydrogen-bond donors (Lipinski definition) is 1. The highest BCUT2D eigenvalue weighted by Gasteiger charge is 2.03. The maximum absolute atomic E-state index is 10.3. The second-order valence-electron chi connectivity index (χ2n) is 3.33. The summed E-state index contributed by atoms with van der Waals surface area (Å²) in [5.41, 5.74) is 0.791. The van der Waals surface area contributed by atoms with Crippen LogP contribution in [0, 0.1) is 0 Å². The van der Waals surface area contributed by atoms with E-state index in [1.54, 1.807) is 0 Å². The first-order chi connectivity index (χ1) is 7.18. The number of carboxylic acid groups (broad SMARTS) is 1. The lowest BCUT2D eigenvalue weighted by Crippen LogP contribution is -2.02. The van der Waals surface area contributed by atoms with E-state index in [-0.39, 0.29) is 12.5 Å². The van der Waals surface area contributed by atoms with Gasteiger partial charge in [-0.15, -0.1) is 0 Å². The summed E-state index contributed by atoms with van der Waals surface area (Å²) in [7, 11) is 0. The smallest absolute Gasteiger partial charge is 0.303 e. The van der Waals surface area contributed by atoms with Gasteiger partial charge >= 0.3 is 5.97 Å². The monoisotopic (exact) mass is 206 g/mol. The highest BCUT2D eigenvalue weighted by atomic mass is 16.4. The average Bonchev–Trinajstić information content (AvgIpc) is 2.25. The Bertz CT molecular complexity index is 336. The molecule has 0 heterocycles. The SMILES string of the molecule is CC(CCC(=O)O)N=Nc1ccccc1. The van der Waals surface area contributed by atoms with Gasteiger partial charge in [0.1, 0.15) is 0 Å². The second-order valence-corrected chi connectivity index (χ2v) is 3.33. The van der Waals surface area contributed by atoms with Crippen molar-refractivity contribution in [3.05, 3.63) is 30.3 Å². The molecule has 0 amide bonds. The third-order valence-electron chi connectivity index (χ3n) is 1.90. The Balaban J connectivity index is 2.41. The van der Waals surface area contributed by atoms with E-state index in [0.717, 1.165) is 5.69 Å². The Labute approximate surface area is 88.7 Å². The van der Waals surface area contributed by atoms with Crippen LogP contribution in [-0.2, 0) is 4.79 Å². The highest BCUT2D eigenvalue weighted by Crippen LogP contribution is 2.12. The first-order valence-electron chi connectivity index (χ1n) is 4.86. The maximum Gasteiger partial charge on any atom is 0.303 e. The molecular formula is C11H14N2O2. The number of benzene rings is 1. The number of carboxylic acids is 1. The van der Waals surface area contributed by atoms with E-state index >= 15 is 0 Å². The molecule has 4 nitrogen and oxygen atoms in total. The minimum Gasteiger partial charge on any atom is -0.481 e. The van der Waals surface area contributed by atoms with Crippen LogP contribution in [0.3, 0.4) is 0 Å². The van der Waals surface area contributed by atoms with Crippen molar-refractivity contribution < 1.29 is 9.90 Å². The van der Waals surface area contributed by atoms with Gasteiger partial charge in [-0.25, -0.2) is 0 Å². The Kier molecular flexibility index (Phi) is 4.47. The van der Waals surface area contributed by atoms with Crippen LogP contribution < -0.4 is 0 Å². The van der Waals surface area contributed by atoms with Crippen molar-refractivity contribution in [2.24, 2.45) is 10.2 Å². The van der Waals surface area contributed by atoms with Gasteiger partial charge in [-0.2, -0.15) is 10.2 Å². The van der Waals surface area contributed by atoms with Crippen molar-refractivity contribution >= 4 is 11.7 Å². The van der Waals surface area contributed by atoms with Crippen LogP contribution >= 0.6 is 0 Å². The standard InChI is InChI=1S/C11H14N2O2/c1-9(7-8-11(14)15)12-13-10-5-3-2-4-6-10/h2-6,9H,7-8H2,1H3,(H,14,15). The molecule has 0 fully saturated rings. The number of hydrogen-bond acceptors (Lipinski definition) is 3. The molecule has 1 rings (SSSR count). The van der Waals surface area contributed by atoms with E-state index in [4.69, 9.17) is 5.11 Å². The second kappa shape index (κ2) is 5.90. The van der Waals surface area contributed by atoms with Crippen LogP contribution in [-0.4, -0.2) is 17.1 Å². The molecular weight excluding hydrogens is 192 g/mol. The Hall–Kier alpha value is -1.71. The molecule has 0 aliphatic rings. The van der Waals surface area contributed by atoms with Crippen molar-refractivity contribution in [3.63, 3.8) is 0 Å². The zero-order chi connectivity index (χ0) is 11.1. The highest BCUT2D eigenvalue weighted by molar-refractivity contribution is 5.66. The molecule has 80 valence electrons. The van der Waals surface area contributed by atoms with Crippen molar-refractivity contribution in [3.8, 4) is 0 Å². The van der Waals surface area contributed by atoms with Crippen molar-refractivity contribution in [2.75, 3.05) is 0 Å². The van der Waals surface area contributed by atoms with Gasteiger partial charge < -0.3 is 5.11 Å². The summed E-state index contributed by atoms with van der Waals surface area (Å²) < 4.78 is 0. The third kappa shape index (κ3) is 4.90. The summed E-state index contributed by atoms with van der Waals surface area (Å²) in [5.74, 6) is -0.795. The Morgan fingerprint density at radius 2 is 2.07 bits per heavy atom. The lowest BCUT2D eigenvalue weighted by molar-refractivity contribution is -0.137. The lowest BCUT2D eigenvalue weighted by atomic mass is 10.2. The molecule has 0 aliphatic carbocycles. The van der Waals surface area contributed by atoms with Gasteiger partial charge in [0.2, 0.25) is 0 Å². The zero-order valence-corrected chi connectivity index (χ0v) is 8.63. The Morgan fingerprint density at radius 3 is 2.67 bits per heavy atom. The van der Waals surface area contributed by atoms with Gasteiger partial charge in [-0.1, -0.05) is 18.2 Å². The summed E-state index contributed by atoms with van der Waals surface area (Å²) >= 11 is 0. The molecule has 15 heavy (non-hydrogen) atoms. The third-order valence-corrected chi connectivity index (χ3v) is 1.90. The summed E-state index contributed by atoms with van der Waals surface area (Å²) in [5, 5.41) is 16.5. The van der Waals surface area contributed by atoms with E-state index in [0.29, 0.717) is 6.42 Å². The fourth-order valence-corrected chi connectivity index (χ4v) is 1.05. The molecule has 4 heteroatoms. The molecule has 0 saturated carbocycles. The molecule has 0 bridgehead atoms. The fraction of sp³-hybridized carbons (Fsp3) is 0.364. The van der Waals surface area contributed by atoms with E-state index < -0.39 is 5.97 Å². The van der Waals surface area contributed by atoms with Crippen LogP contribution in [0.2, 0.25) is 0 Å². The van der Waals surface area contributed by atoms with E-state index in [9.17, 15) is 4.79 Å². The first-order valence-corrected chi connectivity index (χ1v) is 4.86. The summed E-state index contributed by atoms with van der Waals surface area (Å²) in [4.78, 5) is 10.3. The molecule has 1 N–H and O–H groups in total. The molecule has 1 aromatic rings. The van der Waals surface area contributed by atoms with Gasteiger partial charge in [0.15, 0.2) is 0 Å². The molecule has 1 atom stereocenters. The number of aliphatic carboxylic acids is 1. The van der Waals surface area contributed by atoms with Crippen LogP contribution in [0.15, 0.2) is 40.6 Å². The van der Waals surface area contributed by atoms with E-state index in [1.807, 2.05) is 37.3 Å². The topological polar surface area (TPSA) is 62.0 Å². The molecule has 1 aromatic carbocycles. The minimum absolute atomic E-state index is 0.0543. The van der Waals surface area contributed by atoms with E-state index in [2.05, 4.69) is 10.2 Å². The number of rotatable bonds is 5. The maximum atomic E-state index is 10.3. The summed E-state index contributed by atoms with van der Waals surface area (Å²) in [6.07, 6.45) is 0.653. The number of azo groups is 1. The molecule has 0 spiro atoms. The Morgan fingerprint density at radius 1 is 1.40 bits per heavy atom. The largest absolute Gasteiger partial charge is 0.481 e. The van der Waals surface area contributed by atoms with Crippen LogP contribution in [0.4, 0.5) is 5.69 Å². The van der Waals surface area contributed by atoms with Crippen molar-refractivity contribution in [1.29, 1.82) is 0 Å². The summed E-state index contributed by atoms with van der Waals surface area (Å²) in [6, 6.07) is 9.33. The minimum atomic E-state index is -0.795. The number of nitrogens with zero attached hydrogens (tertiary/aromatic N) is 2. The predicted molar refractivity (Wildman–Crippen MR) is 57.3 cm³/mol. The normalized spacial score (nSPS) is 12.9. The van der Waals surface area contributed by atoms with Gasteiger partial charge in [-0.05, 0) is 25.5 Å². The molecule has 1 unspecified atom stereocenters. The fourth-order valence-electron chi connectivity index (χ4n) is 1.05. The van der Waals surface area contributed by atoms with Gasteiger partial charge in [0, 0.05) is 6.42 Å². The number of carbonyl (C=O) groups is 1. The van der Waals surface area contributed by atoms with Crippen LogP contribution in [0.25, 0.3) is 0 Å². The molecule has 0 saturated heterocycles. The predicted octanol–water partition coefficient (Wildman–Crippen LogP) is 3.02.